The number of carbonyl (C=O) groups excluding carboxylic acids is 2. The Morgan fingerprint density at radius 1 is 1.56 bits per heavy atom. The van der Waals surface area contributed by atoms with Crippen molar-refractivity contribution in [2.45, 2.75) is 0 Å². The number of nitrogens with zero attached hydrogens (tertiary/aromatic N) is 2. The Bertz CT molecular complexity index is 591. The molecule has 0 unspecified atom stereocenters. The average Bonchev–Trinajstić information content (AvgIpc) is 2.96. The van der Waals surface area contributed by atoms with Crippen LogP contribution in [-0.4, -0.2) is 29.1 Å². The molecule has 9 heteroatoms. The van der Waals surface area contributed by atoms with Crippen molar-refractivity contribution in [2.75, 3.05) is 12.4 Å². The standard InChI is InChI=1S/C9H8N4O4S/c1-16-6-2-5(17-13-6)4-3-18-9(11-4)12-8(15)7(10)14/h2-3H,1H3,(H2,10,14)(H,11,12,15). The van der Waals surface area contributed by atoms with E-state index < -0.39 is 11.8 Å². The maximum Gasteiger partial charge on any atom is 0.315 e. The molecule has 0 aliphatic carbocycles. The molecule has 3 N–H and O–H groups in total. The number of amides is 2. The molecule has 0 aliphatic rings. The maximum absolute atomic E-state index is 11.0. The molecule has 0 spiro atoms. The molecule has 2 rings (SSSR count). The second kappa shape index (κ2) is 4.84. The van der Waals surface area contributed by atoms with E-state index in [9.17, 15) is 9.59 Å². The molecule has 0 bridgehead atoms. The quantitative estimate of drug-likeness (QED) is 0.769. The lowest BCUT2D eigenvalue weighted by atomic mass is 10.4. The fourth-order valence-electron chi connectivity index (χ4n) is 1.08. The molecule has 2 aromatic heterocycles. The van der Waals surface area contributed by atoms with Gasteiger partial charge in [-0.15, -0.1) is 11.3 Å². The molecule has 0 radical (unpaired) electrons. The average molecular weight is 268 g/mol. The molecule has 0 fully saturated rings. The third-order valence-corrected chi connectivity index (χ3v) is 2.66. The van der Waals surface area contributed by atoms with Gasteiger partial charge in [0.15, 0.2) is 10.9 Å². The molecule has 2 aromatic rings. The zero-order valence-corrected chi connectivity index (χ0v) is 9.98. The minimum Gasteiger partial charge on any atom is -0.479 e. The van der Waals surface area contributed by atoms with E-state index in [0.717, 1.165) is 11.3 Å². The van der Waals surface area contributed by atoms with Crippen molar-refractivity contribution in [1.82, 2.24) is 10.1 Å². The highest BCUT2D eigenvalue weighted by molar-refractivity contribution is 7.14. The van der Waals surface area contributed by atoms with Crippen molar-refractivity contribution in [1.29, 1.82) is 0 Å². The summed E-state index contributed by atoms with van der Waals surface area (Å²) in [5.74, 6) is -1.29. The Hall–Kier alpha value is -2.42. The first-order chi connectivity index (χ1) is 8.60. The van der Waals surface area contributed by atoms with Gasteiger partial charge in [-0.25, -0.2) is 4.98 Å². The van der Waals surface area contributed by atoms with E-state index in [4.69, 9.17) is 15.0 Å². The summed E-state index contributed by atoms with van der Waals surface area (Å²) in [6, 6.07) is 1.55. The molecule has 0 aliphatic heterocycles. The number of anilines is 1. The monoisotopic (exact) mass is 268 g/mol. The van der Waals surface area contributed by atoms with Crippen LogP contribution in [0.3, 0.4) is 0 Å². The van der Waals surface area contributed by atoms with E-state index in [0.29, 0.717) is 17.3 Å². The van der Waals surface area contributed by atoms with Gasteiger partial charge in [0.05, 0.1) is 13.2 Å². The molecule has 0 saturated carbocycles. The van der Waals surface area contributed by atoms with Gasteiger partial charge >= 0.3 is 11.8 Å². The molecule has 94 valence electrons. The van der Waals surface area contributed by atoms with Gasteiger partial charge in [0, 0.05) is 5.38 Å². The van der Waals surface area contributed by atoms with Gasteiger partial charge in [-0.2, -0.15) is 0 Å². The maximum atomic E-state index is 11.0. The highest BCUT2D eigenvalue weighted by atomic mass is 32.1. The normalized spacial score (nSPS) is 10.1. The number of nitrogens with two attached hydrogens (primary N) is 1. The minimum absolute atomic E-state index is 0.240. The molecule has 8 nitrogen and oxygen atoms in total. The molecule has 0 atom stereocenters. The first-order valence-corrected chi connectivity index (χ1v) is 5.55. The number of methoxy groups -OCH3 is 1. The number of carbonyl (C=O) groups is 2. The summed E-state index contributed by atoms with van der Waals surface area (Å²) in [6.45, 7) is 0. The smallest absolute Gasteiger partial charge is 0.315 e. The summed E-state index contributed by atoms with van der Waals surface area (Å²) in [5, 5.41) is 7.74. The number of nitrogens with one attached hydrogen (secondary N) is 1. The molecule has 2 amide bonds. The number of aromatic nitrogens is 2. The summed E-state index contributed by atoms with van der Waals surface area (Å²) in [6.07, 6.45) is 0. The van der Waals surface area contributed by atoms with Crippen LogP contribution in [0.1, 0.15) is 0 Å². The van der Waals surface area contributed by atoms with Crippen LogP contribution in [0.2, 0.25) is 0 Å². The molecular formula is C9H8N4O4S. The van der Waals surface area contributed by atoms with Crippen molar-refractivity contribution >= 4 is 28.3 Å². The Labute approximate surface area is 105 Å². The third kappa shape index (κ3) is 2.46. The van der Waals surface area contributed by atoms with Crippen molar-refractivity contribution < 1.29 is 18.8 Å². The lowest BCUT2D eigenvalue weighted by Crippen LogP contribution is -2.29. The predicted octanol–water partition coefficient (Wildman–Crippen LogP) is 0.230. The van der Waals surface area contributed by atoms with Crippen LogP contribution in [0.5, 0.6) is 5.88 Å². The van der Waals surface area contributed by atoms with Crippen LogP contribution >= 0.6 is 11.3 Å². The van der Waals surface area contributed by atoms with Crippen molar-refractivity contribution in [2.24, 2.45) is 5.73 Å². The molecule has 0 saturated heterocycles. The highest BCUT2D eigenvalue weighted by Gasteiger charge is 2.14. The molecule has 18 heavy (non-hydrogen) atoms. The fourth-order valence-corrected chi connectivity index (χ4v) is 1.77. The van der Waals surface area contributed by atoms with E-state index >= 15 is 0 Å². The second-order valence-electron chi connectivity index (χ2n) is 3.09. The van der Waals surface area contributed by atoms with Crippen molar-refractivity contribution in [3.63, 3.8) is 0 Å². The zero-order chi connectivity index (χ0) is 13.1. The van der Waals surface area contributed by atoms with Gasteiger partial charge in [0.1, 0.15) is 5.69 Å². The number of ether oxygens (including phenoxy) is 1. The number of hydrogen-bond acceptors (Lipinski definition) is 7. The summed E-state index contributed by atoms with van der Waals surface area (Å²) < 4.78 is 9.83. The van der Waals surface area contributed by atoms with Crippen LogP contribution in [0.4, 0.5) is 5.13 Å². The van der Waals surface area contributed by atoms with E-state index in [1.807, 2.05) is 0 Å². The van der Waals surface area contributed by atoms with Gasteiger partial charge in [-0.3, -0.25) is 14.9 Å². The Kier molecular flexibility index (Phi) is 3.24. The number of hydrogen-bond donors (Lipinski definition) is 2. The molecule has 2 heterocycles. The topological polar surface area (TPSA) is 120 Å². The van der Waals surface area contributed by atoms with E-state index in [1.165, 1.54) is 7.11 Å². The number of rotatable bonds is 3. The van der Waals surface area contributed by atoms with Gasteiger partial charge in [-0.05, 0) is 5.16 Å². The van der Waals surface area contributed by atoms with Gasteiger partial charge < -0.3 is 15.0 Å². The highest BCUT2D eigenvalue weighted by Crippen LogP contribution is 2.27. The number of primary amides is 1. The zero-order valence-electron chi connectivity index (χ0n) is 9.17. The van der Waals surface area contributed by atoms with Gasteiger partial charge in [-0.1, -0.05) is 0 Å². The van der Waals surface area contributed by atoms with Crippen LogP contribution in [-0.2, 0) is 9.59 Å². The predicted molar refractivity (Wildman–Crippen MR) is 62.0 cm³/mol. The summed E-state index contributed by atoms with van der Waals surface area (Å²) >= 11 is 1.13. The van der Waals surface area contributed by atoms with E-state index in [1.54, 1.807) is 11.4 Å². The van der Waals surface area contributed by atoms with E-state index in [-0.39, 0.29) is 5.13 Å². The van der Waals surface area contributed by atoms with Crippen LogP contribution in [0.15, 0.2) is 16.0 Å². The SMILES string of the molecule is COc1cc(-c2csc(NC(=O)C(N)=O)n2)on1. The van der Waals surface area contributed by atoms with Crippen LogP contribution < -0.4 is 15.8 Å². The largest absolute Gasteiger partial charge is 0.479 e. The Balaban J connectivity index is 2.15. The number of thiazole rings is 1. The van der Waals surface area contributed by atoms with Crippen molar-refractivity contribution in [3.8, 4) is 17.3 Å². The molecule has 0 aromatic carbocycles. The lowest BCUT2D eigenvalue weighted by molar-refractivity contribution is -0.134. The lowest BCUT2D eigenvalue weighted by Gasteiger charge is -1.94. The van der Waals surface area contributed by atoms with Gasteiger partial charge in [0.25, 0.3) is 5.88 Å². The second-order valence-corrected chi connectivity index (χ2v) is 3.95. The van der Waals surface area contributed by atoms with E-state index in [2.05, 4.69) is 15.5 Å². The summed E-state index contributed by atoms with van der Waals surface area (Å²) in [7, 11) is 1.46. The first-order valence-electron chi connectivity index (χ1n) is 4.67. The van der Waals surface area contributed by atoms with Crippen molar-refractivity contribution in [3.05, 3.63) is 11.4 Å². The Morgan fingerprint density at radius 2 is 2.33 bits per heavy atom. The fraction of sp³-hybridized carbons (Fsp3) is 0.111. The van der Waals surface area contributed by atoms with Crippen LogP contribution in [0.25, 0.3) is 11.5 Å². The third-order valence-electron chi connectivity index (χ3n) is 1.90. The summed E-state index contributed by atoms with van der Waals surface area (Å²) in [5.41, 5.74) is 5.27. The van der Waals surface area contributed by atoms with Crippen LogP contribution in [0, 0.1) is 0 Å². The first kappa shape index (κ1) is 12.0. The minimum atomic E-state index is -1.08. The molecular weight excluding hydrogens is 260 g/mol. The van der Waals surface area contributed by atoms with Gasteiger partial charge in [0.2, 0.25) is 0 Å². The Morgan fingerprint density at radius 3 is 2.94 bits per heavy atom. The summed E-state index contributed by atoms with van der Waals surface area (Å²) in [4.78, 5) is 25.6.